The third kappa shape index (κ3) is 4.47. The van der Waals surface area contributed by atoms with E-state index in [9.17, 15) is 4.79 Å². The predicted octanol–water partition coefficient (Wildman–Crippen LogP) is 3.09. The number of hydrogen-bond acceptors (Lipinski definition) is 4. The lowest BCUT2D eigenvalue weighted by Crippen LogP contribution is -2.16. The van der Waals surface area contributed by atoms with Gasteiger partial charge in [0, 0.05) is 7.11 Å². The molecule has 5 heteroatoms. The summed E-state index contributed by atoms with van der Waals surface area (Å²) >= 11 is 0. The molecule has 2 heterocycles. The van der Waals surface area contributed by atoms with Crippen LogP contribution in [0.2, 0.25) is 0 Å². The molecule has 23 heavy (non-hydrogen) atoms. The number of ether oxygens (including phenoxy) is 3. The molecule has 0 amide bonds. The number of carboxylic acids is 1. The molecular formula is C18H20O5. The number of methoxy groups -OCH3 is 2. The van der Waals surface area contributed by atoms with Crippen molar-refractivity contribution in [2.24, 2.45) is 0 Å². The number of aliphatic carboxylic acids is 1. The van der Waals surface area contributed by atoms with Gasteiger partial charge in [-0.05, 0) is 23.3 Å². The van der Waals surface area contributed by atoms with Crippen LogP contribution in [0.5, 0.6) is 11.5 Å². The maximum Gasteiger partial charge on any atom is 0.313 e. The first-order valence-electron chi connectivity index (χ1n) is 7.22. The van der Waals surface area contributed by atoms with Gasteiger partial charge in [-0.15, -0.1) is 0 Å². The van der Waals surface area contributed by atoms with E-state index in [1.807, 2.05) is 36.4 Å². The molecule has 0 spiro atoms. The molecule has 1 atom stereocenters. The molecule has 0 fully saturated rings. The van der Waals surface area contributed by atoms with Crippen molar-refractivity contribution in [1.29, 1.82) is 0 Å². The molecule has 122 valence electrons. The molecule has 2 aromatic rings. The minimum atomic E-state index is -0.854. The first-order chi connectivity index (χ1) is 11.2. The molecule has 2 aromatic carbocycles. The van der Waals surface area contributed by atoms with Crippen LogP contribution in [-0.4, -0.2) is 31.9 Å². The molecule has 2 aliphatic rings. The number of hydrogen-bond donors (Lipinski definition) is 1. The minimum Gasteiger partial charge on any atom is -0.493 e. The van der Waals surface area contributed by atoms with E-state index < -0.39 is 11.9 Å². The standard InChI is InChI=1S/C10H12O3.C8H8O2/c1-13-7-9(10(11)12)8-5-3-2-4-6-8;1-9-8-4-6-2-3-7(8)10-5-6/h2-6,9H,7H2,1H3,(H,11,12);2-4H,5H2,1H3. The molecule has 0 radical (unpaired) electrons. The van der Waals surface area contributed by atoms with Gasteiger partial charge in [0.05, 0.1) is 13.7 Å². The lowest BCUT2D eigenvalue weighted by atomic mass is 10.0. The van der Waals surface area contributed by atoms with Crippen LogP contribution in [0.3, 0.4) is 0 Å². The van der Waals surface area contributed by atoms with E-state index in [0.29, 0.717) is 6.61 Å². The summed E-state index contributed by atoms with van der Waals surface area (Å²) in [6.07, 6.45) is 0. The van der Waals surface area contributed by atoms with Gasteiger partial charge in [0.1, 0.15) is 12.5 Å². The Morgan fingerprint density at radius 2 is 1.96 bits per heavy atom. The smallest absolute Gasteiger partial charge is 0.313 e. The third-order valence-electron chi connectivity index (χ3n) is 3.46. The van der Waals surface area contributed by atoms with E-state index in [0.717, 1.165) is 17.1 Å². The van der Waals surface area contributed by atoms with E-state index in [1.165, 1.54) is 12.7 Å². The first kappa shape index (κ1) is 16.8. The van der Waals surface area contributed by atoms with Crippen LogP contribution in [0.25, 0.3) is 0 Å². The van der Waals surface area contributed by atoms with E-state index in [2.05, 4.69) is 0 Å². The summed E-state index contributed by atoms with van der Waals surface area (Å²) < 4.78 is 15.2. The molecule has 0 saturated carbocycles. The van der Waals surface area contributed by atoms with Gasteiger partial charge in [-0.2, -0.15) is 0 Å². The van der Waals surface area contributed by atoms with Crippen molar-refractivity contribution in [3.63, 3.8) is 0 Å². The Hall–Kier alpha value is -2.53. The molecule has 1 unspecified atom stereocenters. The Labute approximate surface area is 135 Å². The number of carboxylic acid groups (broad SMARTS) is 1. The lowest BCUT2D eigenvalue weighted by Gasteiger charge is -2.17. The maximum atomic E-state index is 10.8. The van der Waals surface area contributed by atoms with Crippen molar-refractivity contribution >= 4 is 5.97 Å². The second-order valence-electron chi connectivity index (χ2n) is 5.03. The molecular weight excluding hydrogens is 296 g/mol. The summed E-state index contributed by atoms with van der Waals surface area (Å²) in [5.74, 6) is 0.264. The maximum absolute atomic E-state index is 10.8. The van der Waals surface area contributed by atoms with E-state index in [-0.39, 0.29) is 6.61 Å². The topological polar surface area (TPSA) is 65.0 Å². The van der Waals surface area contributed by atoms with Crippen LogP contribution in [-0.2, 0) is 16.1 Å². The summed E-state index contributed by atoms with van der Waals surface area (Å²) in [5, 5.41) is 8.88. The van der Waals surface area contributed by atoms with Crippen molar-refractivity contribution in [2.45, 2.75) is 12.5 Å². The third-order valence-corrected chi connectivity index (χ3v) is 3.46. The fourth-order valence-electron chi connectivity index (χ4n) is 2.24. The second-order valence-corrected chi connectivity index (χ2v) is 5.03. The van der Waals surface area contributed by atoms with Crippen molar-refractivity contribution in [3.8, 4) is 11.5 Å². The summed E-state index contributed by atoms with van der Waals surface area (Å²) in [6.45, 7) is 0.901. The van der Waals surface area contributed by atoms with Crippen LogP contribution in [0.1, 0.15) is 17.0 Å². The molecule has 4 rings (SSSR count). The van der Waals surface area contributed by atoms with Crippen LogP contribution in [0.4, 0.5) is 0 Å². The normalized spacial score (nSPS) is 12.6. The van der Waals surface area contributed by atoms with Crippen LogP contribution < -0.4 is 9.47 Å². The van der Waals surface area contributed by atoms with Crippen LogP contribution >= 0.6 is 0 Å². The van der Waals surface area contributed by atoms with Gasteiger partial charge in [0.2, 0.25) is 0 Å². The number of fused-ring (bicyclic) bond motifs is 3. The average molecular weight is 316 g/mol. The molecule has 0 saturated heterocycles. The lowest BCUT2D eigenvalue weighted by molar-refractivity contribution is -0.140. The summed E-state index contributed by atoms with van der Waals surface area (Å²) in [5.41, 5.74) is 1.95. The van der Waals surface area contributed by atoms with Crippen LogP contribution in [0, 0.1) is 0 Å². The second kappa shape index (κ2) is 8.19. The van der Waals surface area contributed by atoms with Crippen molar-refractivity contribution in [3.05, 3.63) is 59.7 Å². The molecule has 1 N–H and O–H groups in total. The Kier molecular flexibility index (Phi) is 6.00. The first-order valence-corrected chi connectivity index (χ1v) is 7.22. The minimum absolute atomic E-state index is 0.208. The highest BCUT2D eigenvalue weighted by Crippen LogP contribution is 2.32. The molecule has 5 nitrogen and oxygen atoms in total. The summed E-state index contributed by atoms with van der Waals surface area (Å²) in [6, 6.07) is 15.0. The highest BCUT2D eigenvalue weighted by Gasteiger charge is 2.18. The zero-order valence-corrected chi connectivity index (χ0v) is 13.2. The van der Waals surface area contributed by atoms with E-state index in [1.54, 1.807) is 19.2 Å². The Bertz CT molecular complexity index is 639. The Morgan fingerprint density at radius 1 is 1.22 bits per heavy atom. The largest absolute Gasteiger partial charge is 0.493 e. The van der Waals surface area contributed by atoms with Gasteiger partial charge in [-0.3, -0.25) is 4.79 Å². The van der Waals surface area contributed by atoms with E-state index >= 15 is 0 Å². The van der Waals surface area contributed by atoms with Crippen molar-refractivity contribution in [2.75, 3.05) is 20.8 Å². The van der Waals surface area contributed by atoms with Gasteiger partial charge in [-0.25, -0.2) is 0 Å². The number of carbonyl (C=O) groups is 1. The molecule has 2 bridgehead atoms. The van der Waals surface area contributed by atoms with Gasteiger partial charge in [0.25, 0.3) is 0 Å². The molecule has 2 aliphatic heterocycles. The van der Waals surface area contributed by atoms with Gasteiger partial charge in [-0.1, -0.05) is 36.4 Å². The quantitative estimate of drug-likeness (QED) is 0.918. The Morgan fingerprint density at radius 3 is 2.35 bits per heavy atom. The fraction of sp³-hybridized carbons (Fsp3) is 0.278. The summed E-state index contributed by atoms with van der Waals surface area (Å²) in [4.78, 5) is 10.8. The van der Waals surface area contributed by atoms with Crippen LogP contribution in [0.15, 0.2) is 48.5 Å². The van der Waals surface area contributed by atoms with Crippen molar-refractivity contribution < 1.29 is 24.1 Å². The average Bonchev–Trinajstić information content (AvgIpc) is 2.61. The number of benzene rings is 2. The highest BCUT2D eigenvalue weighted by molar-refractivity contribution is 5.76. The monoisotopic (exact) mass is 316 g/mol. The van der Waals surface area contributed by atoms with E-state index in [4.69, 9.17) is 19.3 Å². The van der Waals surface area contributed by atoms with Gasteiger partial charge in [0.15, 0.2) is 11.5 Å². The molecule has 0 aliphatic carbocycles. The zero-order chi connectivity index (χ0) is 16.7. The van der Waals surface area contributed by atoms with Gasteiger partial charge >= 0.3 is 5.97 Å². The Balaban J connectivity index is 0.000000172. The predicted molar refractivity (Wildman–Crippen MR) is 86.0 cm³/mol. The summed E-state index contributed by atoms with van der Waals surface area (Å²) in [7, 11) is 3.15. The van der Waals surface area contributed by atoms with Gasteiger partial charge < -0.3 is 19.3 Å². The number of rotatable bonds is 5. The molecule has 0 aromatic heterocycles. The fourth-order valence-corrected chi connectivity index (χ4v) is 2.24. The van der Waals surface area contributed by atoms with Crippen molar-refractivity contribution in [1.82, 2.24) is 0 Å². The zero-order valence-electron chi connectivity index (χ0n) is 13.2. The highest BCUT2D eigenvalue weighted by atomic mass is 16.5. The SMILES string of the molecule is COCC(C(=O)O)c1ccccc1.COc1cc2ccc1OC2.